The van der Waals surface area contributed by atoms with Gasteiger partial charge in [-0.3, -0.25) is 0 Å². The lowest BCUT2D eigenvalue weighted by Gasteiger charge is -2.09. The number of ether oxygens (including phenoxy) is 4. The van der Waals surface area contributed by atoms with E-state index in [9.17, 15) is 0 Å². The SMILES string of the molecule is COc1ccc(COC[C@@H]2CO2)cc1OC. The second-order valence-electron chi connectivity index (χ2n) is 3.66. The van der Waals surface area contributed by atoms with Gasteiger partial charge in [0, 0.05) is 0 Å². The van der Waals surface area contributed by atoms with Crippen molar-refractivity contribution in [3.8, 4) is 11.5 Å². The van der Waals surface area contributed by atoms with Crippen LogP contribution in [-0.2, 0) is 16.1 Å². The van der Waals surface area contributed by atoms with Gasteiger partial charge in [0.15, 0.2) is 11.5 Å². The Bertz CT molecular complexity index is 347. The molecule has 0 radical (unpaired) electrons. The highest BCUT2D eigenvalue weighted by atomic mass is 16.6. The number of methoxy groups -OCH3 is 2. The Labute approximate surface area is 95.1 Å². The van der Waals surface area contributed by atoms with Gasteiger partial charge in [-0.1, -0.05) is 6.07 Å². The highest BCUT2D eigenvalue weighted by Crippen LogP contribution is 2.27. The molecule has 0 unspecified atom stereocenters. The summed E-state index contributed by atoms with van der Waals surface area (Å²) in [5, 5.41) is 0. The Morgan fingerprint density at radius 1 is 1.25 bits per heavy atom. The van der Waals surface area contributed by atoms with E-state index in [1.54, 1.807) is 14.2 Å². The molecule has 0 saturated carbocycles. The fraction of sp³-hybridized carbons (Fsp3) is 0.500. The molecule has 0 aliphatic carbocycles. The van der Waals surface area contributed by atoms with Crippen LogP contribution in [0.25, 0.3) is 0 Å². The van der Waals surface area contributed by atoms with E-state index in [0.29, 0.717) is 19.3 Å². The molecule has 0 spiro atoms. The van der Waals surface area contributed by atoms with Gasteiger partial charge in [0.25, 0.3) is 0 Å². The largest absolute Gasteiger partial charge is 0.493 e. The van der Waals surface area contributed by atoms with Gasteiger partial charge in [0.2, 0.25) is 0 Å². The summed E-state index contributed by atoms with van der Waals surface area (Å²) < 4.78 is 20.9. The van der Waals surface area contributed by atoms with E-state index in [1.807, 2.05) is 18.2 Å². The third kappa shape index (κ3) is 2.87. The normalized spacial score (nSPS) is 18.2. The molecule has 1 aromatic carbocycles. The van der Waals surface area contributed by atoms with Crippen molar-refractivity contribution in [2.45, 2.75) is 12.7 Å². The molecule has 0 N–H and O–H groups in total. The molecule has 1 heterocycles. The molecule has 0 aromatic heterocycles. The topological polar surface area (TPSA) is 40.2 Å². The van der Waals surface area contributed by atoms with Gasteiger partial charge in [-0.15, -0.1) is 0 Å². The molecule has 1 aromatic rings. The van der Waals surface area contributed by atoms with Gasteiger partial charge < -0.3 is 18.9 Å². The molecule has 2 rings (SSSR count). The van der Waals surface area contributed by atoms with Gasteiger partial charge >= 0.3 is 0 Å². The van der Waals surface area contributed by atoms with Crippen molar-refractivity contribution in [1.82, 2.24) is 0 Å². The first-order valence-corrected chi connectivity index (χ1v) is 5.23. The first-order valence-electron chi connectivity index (χ1n) is 5.23. The Hall–Kier alpha value is -1.26. The summed E-state index contributed by atoms with van der Waals surface area (Å²) in [6.07, 6.45) is 0.306. The van der Waals surface area contributed by atoms with Crippen molar-refractivity contribution in [2.75, 3.05) is 27.4 Å². The molecule has 1 fully saturated rings. The molecule has 4 nitrogen and oxygen atoms in total. The Kier molecular flexibility index (Phi) is 3.64. The molecular formula is C12H16O4. The van der Waals surface area contributed by atoms with Crippen LogP contribution in [0.2, 0.25) is 0 Å². The third-order valence-corrected chi connectivity index (χ3v) is 2.42. The van der Waals surface area contributed by atoms with E-state index in [1.165, 1.54) is 0 Å². The average Bonchev–Trinajstić information content (AvgIpc) is 3.13. The maximum atomic E-state index is 5.50. The number of epoxide rings is 1. The Balaban J connectivity index is 1.92. The van der Waals surface area contributed by atoms with Crippen LogP contribution in [0.15, 0.2) is 18.2 Å². The molecule has 1 atom stereocenters. The van der Waals surface area contributed by atoms with Crippen molar-refractivity contribution >= 4 is 0 Å². The minimum absolute atomic E-state index is 0.306. The summed E-state index contributed by atoms with van der Waals surface area (Å²) in [6.45, 7) is 2.06. The number of hydrogen-bond acceptors (Lipinski definition) is 4. The zero-order chi connectivity index (χ0) is 11.4. The van der Waals surface area contributed by atoms with Gasteiger partial charge in [-0.2, -0.15) is 0 Å². The predicted molar refractivity (Wildman–Crippen MR) is 58.9 cm³/mol. The van der Waals surface area contributed by atoms with Crippen LogP contribution in [-0.4, -0.2) is 33.5 Å². The van der Waals surface area contributed by atoms with E-state index < -0.39 is 0 Å². The molecular weight excluding hydrogens is 208 g/mol. The van der Waals surface area contributed by atoms with Gasteiger partial charge in [0.05, 0.1) is 34.0 Å². The van der Waals surface area contributed by atoms with Crippen LogP contribution in [0.1, 0.15) is 5.56 Å². The fourth-order valence-corrected chi connectivity index (χ4v) is 1.44. The lowest BCUT2D eigenvalue weighted by Crippen LogP contribution is -2.01. The molecule has 1 aliphatic rings. The Morgan fingerprint density at radius 3 is 2.62 bits per heavy atom. The monoisotopic (exact) mass is 224 g/mol. The quantitative estimate of drug-likeness (QED) is 0.688. The zero-order valence-corrected chi connectivity index (χ0v) is 9.56. The fourth-order valence-electron chi connectivity index (χ4n) is 1.44. The van der Waals surface area contributed by atoms with Crippen LogP contribution in [0, 0.1) is 0 Å². The molecule has 1 aliphatic heterocycles. The van der Waals surface area contributed by atoms with Crippen LogP contribution in [0.3, 0.4) is 0 Å². The van der Waals surface area contributed by atoms with Crippen molar-refractivity contribution in [3.63, 3.8) is 0 Å². The summed E-state index contributed by atoms with van der Waals surface area (Å²) in [4.78, 5) is 0. The van der Waals surface area contributed by atoms with Crippen LogP contribution in [0.5, 0.6) is 11.5 Å². The highest BCUT2D eigenvalue weighted by molar-refractivity contribution is 5.42. The van der Waals surface area contributed by atoms with Crippen molar-refractivity contribution < 1.29 is 18.9 Å². The molecule has 4 heteroatoms. The highest BCUT2D eigenvalue weighted by Gasteiger charge is 2.22. The summed E-state index contributed by atoms with van der Waals surface area (Å²) in [5.41, 5.74) is 1.07. The summed E-state index contributed by atoms with van der Waals surface area (Å²) in [5.74, 6) is 1.46. The maximum absolute atomic E-state index is 5.50. The summed E-state index contributed by atoms with van der Waals surface area (Å²) in [6, 6.07) is 5.77. The first kappa shape index (κ1) is 11.2. The maximum Gasteiger partial charge on any atom is 0.161 e. The minimum atomic E-state index is 0.306. The number of rotatable bonds is 6. The van der Waals surface area contributed by atoms with E-state index in [0.717, 1.165) is 23.7 Å². The van der Waals surface area contributed by atoms with E-state index in [-0.39, 0.29) is 0 Å². The van der Waals surface area contributed by atoms with Crippen molar-refractivity contribution in [2.24, 2.45) is 0 Å². The molecule has 16 heavy (non-hydrogen) atoms. The second kappa shape index (κ2) is 5.18. The van der Waals surface area contributed by atoms with E-state index in [2.05, 4.69) is 0 Å². The van der Waals surface area contributed by atoms with Crippen molar-refractivity contribution in [3.05, 3.63) is 23.8 Å². The molecule has 0 amide bonds. The zero-order valence-electron chi connectivity index (χ0n) is 9.56. The predicted octanol–water partition coefficient (Wildman–Crippen LogP) is 1.62. The van der Waals surface area contributed by atoms with Crippen LogP contribution < -0.4 is 9.47 Å². The molecule has 0 bridgehead atoms. The number of benzene rings is 1. The first-order chi connectivity index (χ1) is 7.83. The van der Waals surface area contributed by atoms with E-state index in [4.69, 9.17) is 18.9 Å². The van der Waals surface area contributed by atoms with Crippen LogP contribution in [0.4, 0.5) is 0 Å². The van der Waals surface area contributed by atoms with Crippen LogP contribution >= 0.6 is 0 Å². The molecule has 1 saturated heterocycles. The lowest BCUT2D eigenvalue weighted by atomic mass is 10.2. The van der Waals surface area contributed by atoms with Gasteiger partial charge in [-0.05, 0) is 17.7 Å². The van der Waals surface area contributed by atoms with E-state index >= 15 is 0 Å². The smallest absolute Gasteiger partial charge is 0.161 e. The van der Waals surface area contributed by atoms with Crippen molar-refractivity contribution in [1.29, 1.82) is 0 Å². The average molecular weight is 224 g/mol. The summed E-state index contributed by atoms with van der Waals surface area (Å²) in [7, 11) is 3.25. The number of hydrogen-bond donors (Lipinski definition) is 0. The third-order valence-electron chi connectivity index (χ3n) is 2.42. The lowest BCUT2D eigenvalue weighted by molar-refractivity contribution is 0.104. The summed E-state index contributed by atoms with van der Waals surface area (Å²) >= 11 is 0. The minimum Gasteiger partial charge on any atom is -0.493 e. The second-order valence-corrected chi connectivity index (χ2v) is 3.66. The molecule has 88 valence electrons. The Morgan fingerprint density at radius 2 is 2.00 bits per heavy atom. The van der Waals surface area contributed by atoms with Gasteiger partial charge in [0.1, 0.15) is 6.10 Å². The van der Waals surface area contributed by atoms with Gasteiger partial charge in [-0.25, -0.2) is 0 Å². The standard InChI is InChI=1S/C12H16O4/c1-13-11-4-3-9(5-12(11)14-2)6-15-7-10-8-16-10/h3-5,10H,6-8H2,1-2H3/t10-/m1/s1.